The number of piperidine rings is 1. The normalized spacial score (nSPS) is 18.5. The van der Waals surface area contributed by atoms with Crippen LogP contribution in [0.3, 0.4) is 0 Å². The standard InChI is InChI=1S/C22H18F4N4O5/c23-16-7-13(29(32)33)8-17(24)21(16)27-4-1-12(2-5-27)20-11-15(31)3-6-28(20)22-18(25)9-14(30(34)35)10-19(22)26/h1,7-10,20H,2-6,11H2. The van der Waals surface area contributed by atoms with Gasteiger partial charge in [-0.3, -0.25) is 25.0 Å². The molecule has 0 aromatic heterocycles. The second-order valence-electron chi connectivity index (χ2n) is 8.21. The highest BCUT2D eigenvalue weighted by Gasteiger charge is 2.35. The molecule has 2 aromatic rings. The average molecular weight is 494 g/mol. The van der Waals surface area contributed by atoms with E-state index in [-0.39, 0.29) is 44.7 Å². The minimum absolute atomic E-state index is 0.00919. The first kappa shape index (κ1) is 24.1. The van der Waals surface area contributed by atoms with Gasteiger partial charge in [0.15, 0.2) is 23.3 Å². The Morgan fingerprint density at radius 3 is 1.77 bits per heavy atom. The first-order valence-electron chi connectivity index (χ1n) is 10.6. The highest BCUT2D eigenvalue weighted by atomic mass is 19.1. The van der Waals surface area contributed by atoms with Gasteiger partial charge in [0, 0.05) is 32.5 Å². The number of nitrogens with zero attached hydrogens (tertiary/aromatic N) is 4. The summed E-state index contributed by atoms with van der Waals surface area (Å²) in [5, 5.41) is 21.7. The Kier molecular flexibility index (Phi) is 6.41. The SMILES string of the molecule is O=C1CCN(c2c(F)cc([N+](=O)[O-])cc2F)C(C2=CCN(c3c(F)cc([N+](=O)[O-])cc3F)CC2)C1. The number of rotatable bonds is 5. The van der Waals surface area contributed by atoms with Crippen LogP contribution < -0.4 is 9.80 Å². The summed E-state index contributed by atoms with van der Waals surface area (Å²) in [7, 11) is 0. The van der Waals surface area contributed by atoms with Gasteiger partial charge in [0.25, 0.3) is 11.4 Å². The van der Waals surface area contributed by atoms with Crippen molar-refractivity contribution in [1.82, 2.24) is 0 Å². The third-order valence-electron chi connectivity index (χ3n) is 6.13. The van der Waals surface area contributed by atoms with Crippen molar-refractivity contribution < 1.29 is 32.2 Å². The summed E-state index contributed by atoms with van der Waals surface area (Å²) in [5.74, 6) is -4.60. The maximum Gasteiger partial charge on any atom is 0.275 e. The fraction of sp³-hybridized carbons (Fsp3) is 0.318. The second kappa shape index (κ2) is 9.31. The highest BCUT2D eigenvalue weighted by molar-refractivity contribution is 5.82. The molecule has 0 aliphatic carbocycles. The molecule has 0 radical (unpaired) electrons. The zero-order valence-electron chi connectivity index (χ0n) is 18.0. The smallest absolute Gasteiger partial charge is 0.275 e. The summed E-state index contributed by atoms with van der Waals surface area (Å²) in [6.45, 7) is 0.0633. The highest BCUT2D eigenvalue weighted by Crippen LogP contribution is 2.36. The lowest BCUT2D eigenvalue weighted by Crippen LogP contribution is -2.46. The third kappa shape index (κ3) is 4.66. The van der Waals surface area contributed by atoms with E-state index in [1.54, 1.807) is 6.08 Å². The Balaban J connectivity index is 1.63. The molecule has 1 fully saturated rings. The Labute approximate surface area is 195 Å². The van der Waals surface area contributed by atoms with E-state index in [0.717, 1.165) is 0 Å². The van der Waals surface area contributed by atoms with E-state index in [2.05, 4.69) is 0 Å². The number of non-ortho nitro benzene ring substituents is 2. The molecule has 0 spiro atoms. The summed E-state index contributed by atoms with van der Waals surface area (Å²) in [4.78, 5) is 34.8. The molecule has 2 aliphatic heterocycles. The van der Waals surface area contributed by atoms with Gasteiger partial charge in [-0.15, -0.1) is 0 Å². The van der Waals surface area contributed by atoms with Crippen LogP contribution in [0.4, 0.5) is 40.3 Å². The molecular weight excluding hydrogens is 476 g/mol. The molecule has 35 heavy (non-hydrogen) atoms. The monoisotopic (exact) mass is 494 g/mol. The van der Waals surface area contributed by atoms with Crippen molar-refractivity contribution in [2.45, 2.75) is 25.3 Å². The van der Waals surface area contributed by atoms with Crippen LogP contribution in [0, 0.1) is 43.5 Å². The molecule has 1 atom stereocenters. The maximum absolute atomic E-state index is 14.7. The van der Waals surface area contributed by atoms with Crippen molar-refractivity contribution in [3.8, 4) is 0 Å². The third-order valence-corrected chi connectivity index (χ3v) is 6.13. The van der Waals surface area contributed by atoms with Gasteiger partial charge in [-0.25, -0.2) is 17.6 Å². The van der Waals surface area contributed by atoms with Gasteiger partial charge >= 0.3 is 0 Å². The van der Waals surface area contributed by atoms with Gasteiger partial charge in [-0.2, -0.15) is 0 Å². The Hall–Kier alpha value is -4.03. The largest absolute Gasteiger partial charge is 0.363 e. The number of hydrogen-bond donors (Lipinski definition) is 0. The van der Waals surface area contributed by atoms with Crippen molar-refractivity contribution in [2.75, 3.05) is 29.4 Å². The Morgan fingerprint density at radius 2 is 1.31 bits per heavy atom. The van der Waals surface area contributed by atoms with Gasteiger partial charge < -0.3 is 9.80 Å². The van der Waals surface area contributed by atoms with Gasteiger partial charge in [0.2, 0.25) is 0 Å². The minimum Gasteiger partial charge on any atom is -0.363 e. The average Bonchev–Trinajstić information content (AvgIpc) is 2.79. The molecule has 0 bridgehead atoms. The van der Waals surface area contributed by atoms with Gasteiger partial charge in [-0.05, 0) is 12.0 Å². The van der Waals surface area contributed by atoms with Crippen LogP contribution in [-0.2, 0) is 4.79 Å². The molecule has 2 aliphatic rings. The predicted molar refractivity (Wildman–Crippen MR) is 116 cm³/mol. The summed E-state index contributed by atoms with van der Waals surface area (Å²) >= 11 is 0. The first-order valence-corrected chi connectivity index (χ1v) is 10.6. The molecule has 0 N–H and O–H groups in total. The fourth-order valence-electron chi connectivity index (χ4n) is 4.51. The van der Waals surface area contributed by atoms with Gasteiger partial charge in [-0.1, -0.05) is 6.08 Å². The maximum atomic E-state index is 14.7. The van der Waals surface area contributed by atoms with Crippen LogP contribution in [0.2, 0.25) is 0 Å². The van der Waals surface area contributed by atoms with E-state index < -0.39 is 61.9 Å². The van der Waals surface area contributed by atoms with Crippen LogP contribution in [-0.4, -0.2) is 41.3 Å². The van der Waals surface area contributed by atoms with Gasteiger partial charge in [0.05, 0.1) is 40.2 Å². The van der Waals surface area contributed by atoms with Crippen molar-refractivity contribution in [2.24, 2.45) is 0 Å². The van der Waals surface area contributed by atoms with Crippen LogP contribution in [0.15, 0.2) is 35.9 Å². The topological polar surface area (TPSA) is 110 Å². The quantitative estimate of drug-likeness (QED) is 0.262. The zero-order valence-corrected chi connectivity index (χ0v) is 18.0. The van der Waals surface area contributed by atoms with Crippen LogP contribution in [0.5, 0.6) is 0 Å². The van der Waals surface area contributed by atoms with Crippen LogP contribution >= 0.6 is 0 Å². The molecular formula is C22H18F4N4O5. The molecule has 2 heterocycles. The molecule has 2 aromatic carbocycles. The number of hydrogen-bond acceptors (Lipinski definition) is 7. The Morgan fingerprint density at radius 1 is 0.800 bits per heavy atom. The Bertz CT molecular complexity index is 1220. The number of carbonyl (C=O) groups excluding carboxylic acids is 1. The predicted octanol–water partition coefficient (Wildman–Crippen LogP) is 4.43. The number of halogens is 4. The fourth-order valence-corrected chi connectivity index (χ4v) is 4.51. The van der Waals surface area contributed by atoms with Crippen molar-refractivity contribution in [3.05, 3.63) is 79.4 Å². The van der Waals surface area contributed by atoms with Crippen LogP contribution in [0.1, 0.15) is 19.3 Å². The number of benzene rings is 2. The number of carbonyl (C=O) groups is 1. The second-order valence-corrected chi connectivity index (χ2v) is 8.21. The van der Waals surface area contributed by atoms with E-state index in [9.17, 15) is 42.6 Å². The van der Waals surface area contributed by atoms with Crippen molar-refractivity contribution in [3.63, 3.8) is 0 Å². The van der Waals surface area contributed by atoms with E-state index in [1.165, 1.54) is 9.80 Å². The number of anilines is 2. The number of ketones is 1. The van der Waals surface area contributed by atoms with E-state index in [4.69, 9.17) is 0 Å². The summed E-state index contributed by atoms with van der Waals surface area (Å²) in [5.41, 5.74) is -1.76. The lowest BCUT2D eigenvalue weighted by Gasteiger charge is -2.40. The van der Waals surface area contributed by atoms with E-state index >= 15 is 0 Å². The summed E-state index contributed by atoms with van der Waals surface area (Å²) < 4.78 is 58.3. The molecule has 0 amide bonds. The lowest BCUT2D eigenvalue weighted by atomic mass is 9.89. The van der Waals surface area contributed by atoms with E-state index in [1.807, 2.05) is 0 Å². The first-order chi connectivity index (χ1) is 16.6. The summed E-state index contributed by atoms with van der Waals surface area (Å²) in [6.07, 6.45) is 1.77. The molecule has 0 saturated carbocycles. The summed E-state index contributed by atoms with van der Waals surface area (Å²) in [6, 6.07) is 1.74. The zero-order chi connectivity index (χ0) is 25.4. The van der Waals surface area contributed by atoms with Gasteiger partial charge in [0.1, 0.15) is 17.2 Å². The number of nitro benzene ring substituents is 2. The molecule has 184 valence electrons. The van der Waals surface area contributed by atoms with E-state index in [0.29, 0.717) is 29.8 Å². The van der Waals surface area contributed by atoms with Crippen LogP contribution in [0.25, 0.3) is 0 Å². The molecule has 13 heteroatoms. The van der Waals surface area contributed by atoms with Crippen molar-refractivity contribution in [1.29, 1.82) is 0 Å². The molecule has 9 nitrogen and oxygen atoms in total. The number of nitro groups is 2. The lowest BCUT2D eigenvalue weighted by molar-refractivity contribution is -0.385. The molecule has 1 saturated heterocycles. The number of Topliss-reactive ketones (excluding diaryl/α,β-unsaturated/α-hetero) is 1. The molecule has 4 rings (SSSR count). The van der Waals surface area contributed by atoms with Crippen molar-refractivity contribution >= 4 is 28.5 Å². The molecule has 1 unspecified atom stereocenters. The minimum atomic E-state index is -1.14.